The smallest absolute Gasteiger partial charge is 0.313 e. The zero-order valence-corrected chi connectivity index (χ0v) is 12.4. The number of nitro groups is 1. The Morgan fingerprint density at radius 2 is 1.95 bits per heavy atom. The molecule has 0 aliphatic rings. The number of carbonyl (C=O) groups is 1. The van der Waals surface area contributed by atoms with E-state index in [1.165, 1.54) is 12.1 Å². The summed E-state index contributed by atoms with van der Waals surface area (Å²) in [5.74, 6) is -0.584. The van der Waals surface area contributed by atoms with Gasteiger partial charge in [0.2, 0.25) is 0 Å². The van der Waals surface area contributed by atoms with E-state index >= 15 is 0 Å². The first-order valence-corrected chi connectivity index (χ1v) is 6.87. The number of carbonyl (C=O) groups excluding carboxylic acids is 1. The molecule has 0 aliphatic heterocycles. The highest BCUT2D eigenvalue weighted by atomic mass is 16.6. The lowest BCUT2D eigenvalue weighted by atomic mass is 9.87. The number of nitrogens with zero attached hydrogens (tertiary/aromatic N) is 1. The fraction of sp³-hybridized carbons (Fsp3) is 0.533. The molecule has 0 saturated heterocycles. The van der Waals surface area contributed by atoms with E-state index in [0.29, 0.717) is 18.6 Å². The summed E-state index contributed by atoms with van der Waals surface area (Å²) < 4.78 is 5.08. The van der Waals surface area contributed by atoms with E-state index < -0.39 is 10.8 Å². The van der Waals surface area contributed by atoms with Crippen molar-refractivity contribution in [1.82, 2.24) is 0 Å². The maximum atomic E-state index is 12.0. The number of rotatable bonds is 6. The van der Waals surface area contributed by atoms with Gasteiger partial charge in [0, 0.05) is 12.1 Å². The third-order valence-corrected chi connectivity index (χ3v) is 3.26. The monoisotopic (exact) mass is 279 g/mol. The largest absolute Gasteiger partial charge is 0.466 e. The Labute approximate surface area is 119 Å². The third kappa shape index (κ3) is 3.56. The Hall–Kier alpha value is -1.91. The average molecular weight is 279 g/mol. The molecule has 5 heteroatoms. The number of ether oxygens (including phenoxy) is 1. The highest BCUT2D eigenvalue weighted by molar-refractivity contribution is 5.79. The molecule has 1 rings (SSSR count). The van der Waals surface area contributed by atoms with Crippen LogP contribution in [0.1, 0.15) is 57.1 Å². The van der Waals surface area contributed by atoms with Crippen LogP contribution < -0.4 is 0 Å². The highest BCUT2D eigenvalue weighted by Crippen LogP contribution is 2.32. The Morgan fingerprint density at radius 3 is 2.40 bits per heavy atom. The Kier molecular flexibility index (Phi) is 5.67. The van der Waals surface area contributed by atoms with E-state index in [0.717, 1.165) is 5.56 Å². The van der Waals surface area contributed by atoms with Crippen LogP contribution in [0.15, 0.2) is 18.2 Å². The van der Waals surface area contributed by atoms with Crippen LogP contribution in [0.3, 0.4) is 0 Å². The second kappa shape index (κ2) is 7.03. The lowest BCUT2D eigenvalue weighted by Gasteiger charge is -2.19. The topological polar surface area (TPSA) is 69.4 Å². The quantitative estimate of drug-likeness (QED) is 0.451. The first-order valence-electron chi connectivity index (χ1n) is 6.87. The van der Waals surface area contributed by atoms with Gasteiger partial charge < -0.3 is 4.74 Å². The second-order valence-corrected chi connectivity index (χ2v) is 4.94. The van der Waals surface area contributed by atoms with E-state index in [1.54, 1.807) is 13.0 Å². The summed E-state index contributed by atoms with van der Waals surface area (Å²) in [5, 5.41) is 10.9. The van der Waals surface area contributed by atoms with Crippen LogP contribution in [-0.2, 0) is 9.53 Å². The molecule has 1 aromatic carbocycles. The van der Waals surface area contributed by atoms with Gasteiger partial charge in [-0.2, -0.15) is 0 Å². The van der Waals surface area contributed by atoms with Crippen molar-refractivity contribution < 1.29 is 14.5 Å². The maximum absolute atomic E-state index is 12.0. The highest BCUT2D eigenvalue weighted by Gasteiger charge is 2.25. The molecular formula is C15H21NO4. The van der Waals surface area contributed by atoms with Crippen molar-refractivity contribution in [2.75, 3.05) is 6.61 Å². The molecule has 0 bridgehead atoms. The van der Waals surface area contributed by atoms with Crippen molar-refractivity contribution in [2.45, 2.75) is 46.0 Å². The molecule has 1 unspecified atom stereocenters. The van der Waals surface area contributed by atoms with Gasteiger partial charge in [-0.1, -0.05) is 26.8 Å². The van der Waals surface area contributed by atoms with Crippen LogP contribution in [-0.4, -0.2) is 17.5 Å². The summed E-state index contributed by atoms with van der Waals surface area (Å²) in [6.07, 6.45) is 0.555. The van der Waals surface area contributed by atoms with E-state index in [9.17, 15) is 14.9 Å². The SMILES string of the molecule is CCOC(=O)C(CC)c1cc([N+](=O)[O-])ccc1C(C)C. The van der Waals surface area contributed by atoms with Gasteiger partial charge in [0.15, 0.2) is 0 Å². The van der Waals surface area contributed by atoms with Crippen molar-refractivity contribution >= 4 is 11.7 Å². The Balaban J connectivity index is 3.32. The maximum Gasteiger partial charge on any atom is 0.313 e. The van der Waals surface area contributed by atoms with Crippen molar-refractivity contribution in [3.05, 3.63) is 39.4 Å². The second-order valence-electron chi connectivity index (χ2n) is 4.94. The van der Waals surface area contributed by atoms with Crippen molar-refractivity contribution in [3.8, 4) is 0 Å². The van der Waals surface area contributed by atoms with Gasteiger partial charge in [0.05, 0.1) is 17.4 Å². The number of benzene rings is 1. The molecule has 0 radical (unpaired) electrons. The Morgan fingerprint density at radius 1 is 1.30 bits per heavy atom. The molecule has 0 N–H and O–H groups in total. The number of nitro benzene ring substituents is 1. The van der Waals surface area contributed by atoms with E-state index in [4.69, 9.17) is 4.74 Å². The fourth-order valence-electron chi connectivity index (χ4n) is 2.26. The van der Waals surface area contributed by atoms with Gasteiger partial charge in [-0.15, -0.1) is 0 Å². The average Bonchev–Trinajstić information content (AvgIpc) is 2.39. The van der Waals surface area contributed by atoms with Gasteiger partial charge in [0.25, 0.3) is 5.69 Å². The van der Waals surface area contributed by atoms with Gasteiger partial charge in [-0.05, 0) is 30.4 Å². The molecule has 5 nitrogen and oxygen atoms in total. The number of hydrogen-bond acceptors (Lipinski definition) is 4. The zero-order valence-electron chi connectivity index (χ0n) is 12.4. The minimum absolute atomic E-state index is 0.00662. The van der Waals surface area contributed by atoms with E-state index in [-0.39, 0.29) is 17.6 Å². The number of esters is 1. The summed E-state index contributed by atoms with van der Waals surface area (Å²) in [6.45, 7) is 7.94. The molecular weight excluding hydrogens is 258 g/mol. The van der Waals surface area contributed by atoms with E-state index in [2.05, 4.69) is 0 Å². The molecule has 110 valence electrons. The van der Waals surface area contributed by atoms with Crippen LogP contribution in [0.2, 0.25) is 0 Å². The third-order valence-electron chi connectivity index (χ3n) is 3.26. The van der Waals surface area contributed by atoms with Crippen LogP contribution in [0.4, 0.5) is 5.69 Å². The van der Waals surface area contributed by atoms with Gasteiger partial charge in [-0.3, -0.25) is 14.9 Å². The molecule has 0 aromatic heterocycles. The molecule has 1 aromatic rings. The summed E-state index contributed by atoms with van der Waals surface area (Å²) >= 11 is 0. The summed E-state index contributed by atoms with van der Waals surface area (Å²) in [5.41, 5.74) is 1.66. The van der Waals surface area contributed by atoms with Gasteiger partial charge in [0.1, 0.15) is 0 Å². The molecule has 0 saturated carbocycles. The number of non-ortho nitro benzene ring substituents is 1. The lowest BCUT2D eigenvalue weighted by Crippen LogP contribution is -2.17. The lowest BCUT2D eigenvalue weighted by molar-refractivity contribution is -0.384. The fourth-order valence-corrected chi connectivity index (χ4v) is 2.26. The standard InChI is InChI=1S/C15H21NO4/c1-5-12(15(17)20-6-2)14-9-11(16(18)19)7-8-13(14)10(3)4/h7-10,12H,5-6H2,1-4H3. The van der Waals surface area contributed by atoms with Gasteiger partial charge in [-0.25, -0.2) is 0 Å². The molecule has 0 heterocycles. The predicted molar refractivity (Wildman–Crippen MR) is 76.9 cm³/mol. The predicted octanol–water partition coefficient (Wildman–Crippen LogP) is 3.77. The van der Waals surface area contributed by atoms with E-state index in [1.807, 2.05) is 20.8 Å². The van der Waals surface area contributed by atoms with Crippen LogP contribution in [0, 0.1) is 10.1 Å². The van der Waals surface area contributed by atoms with Crippen LogP contribution in [0.25, 0.3) is 0 Å². The van der Waals surface area contributed by atoms with Crippen molar-refractivity contribution in [3.63, 3.8) is 0 Å². The normalized spacial score (nSPS) is 12.2. The van der Waals surface area contributed by atoms with Crippen LogP contribution in [0.5, 0.6) is 0 Å². The number of hydrogen-bond donors (Lipinski definition) is 0. The first-order chi connectivity index (χ1) is 9.42. The molecule has 0 fully saturated rings. The van der Waals surface area contributed by atoms with Crippen molar-refractivity contribution in [1.29, 1.82) is 0 Å². The molecule has 0 amide bonds. The first kappa shape index (κ1) is 16.1. The Bertz CT molecular complexity index is 497. The molecule has 0 spiro atoms. The zero-order chi connectivity index (χ0) is 15.3. The molecule has 20 heavy (non-hydrogen) atoms. The van der Waals surface area contributed by atoms with Crippen LogP contribution >= 0.6 is 0 Å². The van der Waals surface area contributed by atoms with Crippen molar-refractivity contribution in [2.24, 2.45) is 0 Å². The van der Waals surface area contributed by atoms with Gasteiger partial charge >= 0.3 is 5.97 Å². The molecule has 1 atom stereocenters. The minimum Gasteiger partial charge on any atom is -0.466 e. The summed E-state index contributed by atoms with van der Waals surface area (Å²) in [7, 11) is 0. The summed E-state index contributed by atoms with van der Waals surface area (Å²) in [6, 6.07) is 4.72. The minimum atomic E-state index is -0.452. The molecule has 0 aliphatic carbocycles. The summed E-state index contributed by atoms with van der Waals surface area (Å²) in [4.78, 5) is 22.5.